The van der Waals surface area contributed by atoms with Crippen LogP contribution < -0.4 is 5.32 Å². The first kappa shape index (κ1) is 12.5. The van der Waals surface area contributed by atoms with E-state index in [1.54, 1.807) is 0 Å². The fourth-order valence-corrected chi connectivity index (χ4v) is 1.72. The first-order valence-electron chi connectivity index (χ1n) is 5.30. The van der Waals surface area contributed by atoms with Gasteiger partial charge in [0.15, 0.2) is 0 Å². The van der Waals surface area contributed by atoms with Crippen LogP contribution in [-0.2, 0) is 20.0 Å². The first-order valence-corrected chi connectivity index (χ1v) is 5.68. The van der Waals surface area contributed by atoms with Gasteiger partial charge in [0, 0.05) is 19.1 Å². The van der Waals surface area contributed by atoms with E-state index < -0.39 is 0 Å². The molecule has 86 valence electrons. The number of nitrogens with zero attached hydrogens (tertiary/aromatic N) is 2. The highest BCUT2D eigenvalue weighted by molar-refractivity contribution is 6.31. The predicted octanol–water partition coefficient (Wildman–Crippen LogP) is 2.52. The van der Waals surface area contributed by atoms with Crippen LogP contribution in [0.2, 0.25) is 5.02 Å². The van der Waals surface area contributed by atoms with E-state index in [0.717, 1.165) is 29.4 Å². The molecule has 0 unspecified atom stereocenters. The Morgan fingerprint density at radius 3 is 2.40 bits per heavy atom. The molecule has 0 aliphatic carbocycles. The fraction of sp³-hybridized carbons (Fsp3) is 0.727. The summed E-state index contributed by atoms with van der Waals surface area (Å²) in [5, 5.41) is 8.59. The molecule has 0 saturated heterocycles. The van der Waals surface area contributed by atoms with Crippen LogP contribution in [0.15, 0.2) is 0 Å². The van der Waals surface area contributed by atoms with Crippen LogP contribution in [0.4, 0.5) is 0 Å². The molecule has 1 rings (SSSR count). The van der Waals surface area contributed by atoms with Gasteiger partial charge < -0.3 is 5.32 Å². The van der Waals surface area contributed by atoms with Gasteiger partial charge in [-0.1, -0.05) is 18.5 Å². The zero-order valence-electron chi connectivity index (χ0n) is 10.2. The number of rotatable bonds is 3. The Labute approximate surface area is 96.8 Å². The number of hydrogen-bond acceptors (Lipinski definition) is 2. The second-order valence-electron chi connectivity index (χ2n) is 4.79. The number of aromatic nitrogens is 2. The van der Waals surface area contributed by atoms with E-state index in [-0.39, 0.29) is 5.54 Å². The summed E-state index contributed by atoms with van der Waals surface area (Å²) >= 11 is 6.24. The lowest BCUT2D eigenvalue weighted by Crippen LogP contribution is -2.35. The molecular weight excluding hydrogens is 210 g/mol. The first-order chi connectivity index (χ1) is 6.85. The van der Waals surface area contributed by atoms with Gasteiger partial charge in [-0.25, -0.2) is 0 Å². The molecule has 0 radical (unpaired) electrons. The molecule has 0 spiro atoms. The normalized spacial score (nSPS) is 12.1. The van der Waals surface area contributed by atoms with Crippen LogP contribution in [0.5, 0.6) is 0 Å². The molecule has 0 saturated carbocycles. The Morgan fingerprint density at radius 2 is 2.00 bits per heavy atom. The molecule has 0 aliphatic heterocycles. The van der Waals surface area contributed by atoms with Gasteiger partial charge in [-0.05, 0) is 27.2 Å². The van der Waals surface area contributed by atoms with Gasteiger partial charge in [0.05, 0.1) is 16.4 Å². The van der Waals surface area contributed by atoms with Crippen LogP contribution in [0.1, 0.15) is 39.1 Å². The highest BCUT2D eigenvalue weighted by atomic mass is 35.5. The molecule has 1 aromatic heterocycles. The molecule has 1 N–H and O–H groups in total. The van der Waals surface area contributed by atoms with E-state index in [1.165, 1.54) is 0 Å². The van der Waals surface area contributed by atoms with Gasteiger partial charge >= 0.3 is 0 Å². The molecule has 0 amide bonds. The van der Waals surface area contributed by atoms with E-state index in [4.69, 9.17) is 11.6 Å². The third-order valence-electron chi connectivity index (χ3n) is 2.29. The minimum atomic E-state index is 0.0972. The largest absolute Gasteiger partial charge is 0.306 e. The Bertz CT molecular complexity index is 336. The van der Waals surface area contributed by atoms with Gasteiger partial charge in [-0.2, -0.15) is 5.10 Å². The van der Waals surface area contributed by atoms with Crippen molar-refractivity contribution in [3.8, 4) is 0 Å². The van der Waals surface area contributed by atoms with Crippen LogP contribution in [0.25, 0.3) is 0 Å². The van der Waals surface area contributed by atoms with Gasteiger partial charge in [0.2, 0.25) is 0 Å². The summed E-state index contributed by atoms with van der Waals surface area (Å²) in [7, 11) is 1.94. The van der Waals surface area contributed by atoms with Crippen molar-refractivity contribution < 1.29 is 0 Å². The molecule has 3 nitrogen and oxygen atoms in total. The Balaban J connectivity index is 2.81. The van der Waals surface area contributed by atoms with Crippen molar-refractivity contribution >= 4 is 11.6 Å². The van der Waals surface area contributed by atoms with Gasteiger partial charge in [0.25, 0.3) is 0 Å². The van der Waals surface area contributed by atoms with Crippen molar-refractivity contribution in [2.45, 2.75) is 46.2 Å². The van der Waals surface area contributed by atoms with E-state index in [2.05, 4.69) is 38.1 Å². The van der Waals surface area contributed by atoms with Crippen LogP contribution in [0, 0.1) is 0 Å². The molecule has 0 atom stereocenters. The molecular formula is C11H20ClN3. The van der Waals surface area contributed by atoms with Crippen LogP contribution >= 0.6 is 11.6 Å². The maximum Gasteiger partial charge on any atom is 0.0863 e. The average molecular weight is 230 g/mol. The molecule has 0 aromatic carbocycles. The number of halogens is 1. The standard InChI is InChI=1S/C11H20ClN3/c1-6-8-10(12)9(15(5)14-8)7-13-11(2,3)4/h13H,6-7H2,1-5H3. The summed E-state index contributed by atoms with van der Waals surface area (Å²) in [5.41, 5.74) is 2.13. The highest BCUT2D eigenvalue weighted by Gasteiger charge is 2.15. The molecule has 1 heterocycles. The van der Waals surface area contributed by atoms with E-state index in [9.17, 15) is 0 Å². The Morgan fingerprint density at radius 1 is 1.40 bits per heavy atom. The predicted molar refractivity (Wildman–Crippen MR) is 64.2 cm³/mol. The van der Waals surface area contributed by atoms with Crippen molar-refractivity contribution in [1.82, 2.24) is 15.1 Å². The van der Waals surface area contributed by atoms with Crippen LogP contribution in [-0.4, -0.2) is 15.3 Å². The lowest BCUT2D eigenvalue weighted by Gasteiger charge is -2.20. The second-order valence-corrected chi connectivity index (χ2v) is 5.17. The zero-order chi connectivity index (χ0) is 11.6. The lowest BCUT2D eigenvalue weighted by molar-refractivity contribution is 0.416. The minimum Gasteiger partial charge on any atom is -0.306 e. The quantitative estimate of drug-likeness (QED) is 0.863. The third kappa shape index (κ3) is 3.21. The number of hydrogen-bond donors (Lipinski definition) is 1. The third-order valence-corrected chi connectivity index (χ3v) is 2.73. The van der Waals surface area contributed by atoms with Gasteiger partial charge in [0.1, 0.15) is 0 Å². The molecule has 4 heteroatoms. The monoisotopic (exact) mass is 229 g/mol. The maximum atomic E-state index is 6.24. The van der Waals surface area contributed by atoms with E-state index in [0.29, 0.717) is 0 Å². The number of nitrogens with one attached hydrogen (secondary N) is 1. The lowest BCUT2D eigenvalue weighted by atomic mass is 10.1. The minimum absolute atomic E-state index is 0.0972. The van der Waals surface area contributed by atoms with E-state index >= 15 is 0 Å². The fourth-order valence-electron chi connectivity index (χ4n) is 1.36. The Kier molecular flexibility index (Phi) is 3.79. The molecule has 15 heavy (non-hydrogen) atoms. The summed E-state index contributed by atoms with van der Waals surface area (Å²) in [5.74, 6) is 0. The van der Waals surface area contributed by atoms with Crippen molar-refractivity contribution in [1.29, 1.82) is 0 Å². The average Bonchev–Trinajstić information content (AvgIpc) is 2.37. The second kappa shape index (κ2) is 4.54. The van der Waals surface area contributed by atoms with Gasteiger partial charge in [-0.15, -0.1) is 0 Å². The van der Waals surface area contributed by atoms with Crippen molar-refractivity contribution in [3.05, 3.63) is 16.4 Å². The van der Waals surface area contributed by atoms with Gasteiger partial charge in [-0.3, -0.25) is 4.68 Å². The molecule has 0 aliphatic rings. The summed E-state index contributed by atoms with van der Waals surface area (Å²) in [6.07, 6.45) is 0.877. The van der Waals surface area contributed by atoms with Crippen molar-refractivity contribution in [2.75, 3.05) is 0 Å². The van der Waals surface area contributed by atoms with Crippen LogP contribution in [0.3, 0.4) is 0 Å². The Hall–Kier alpha value is -0.540. The molecule has 0 fully saturated rings. The summed E-state index contributed by atoms with van der Waals surface area (Å²) in [6.45, 7) is 9.23. The number of aryl methyl sites for hydroxylation is 2. The maximum absolute atomic E-state index is 6.24. The topological polar surface area (TPSA) is 29.9 Å². The highest BCUT2D eigenvalue weighted by Crippen LogP contribution is 2.21. The smallest absolute Gasteiger partial charge is 0.0863 e. The molecule has 0 bridgehead atoms. The summed E-state index contributed by atoms with van der Waals surface area (Å²) < 4.78 is 1.86. The molecule has 1 aromatic rings. The summed E-state index contributed by atoms with van der Waals surface area (Å²) in [4.78, 5) is 0. The van der Waals surface area contributed by atoms with E-state index in [1.807, 2.05) is 11.7 Å². The van der Waals surface area contributed by atoms with Crippen molar-refractivity contribution in [3.63, 3.8) is 0 Å². The zero-order valence-corrected chi connectivity index (χ0v) is 10.9. The van der Waals surface area contributed by atoms with Crippen molar-refractivity contribution in [2.24, 2.45) is 7.05 Å². The SMILES string of the molecule is CCc1nn(C)c(CNC(C)(C)C)c1Cl. The summed E-state index contributed by atoms with van der Waals surface area (Å²) in [6, 6.07) is 0.